The summed E-state index contributed by atoms with van der Waals surface area (Å²) in [5, 5.41) is 14.3. The number of benzene rings is 1. The molecule has 8 heteroatoms. The van der Waals surface area contributed by atoms with Crippen LogP contribution < -0.4 is 10.2 Å². The number of carbonyl (C=O) groups is 1. The van der Waals surface area contributed by atoms with Gasteiger partial charge in [0.25, 0.3) is 5.91 Å². The molecule has 160 valence electrons. The Balaban J connectivity index is 1.52. The standard InChI is InChI=1S/C23H22ClFN4O2/c1-14(27-22(30)15-4-6-17(25)7-5-15)18-8-9-21-19(28-18)3-2-12-29(21)23(31)20-13-16(24)10-11-26-20/h4-11,13-14,23,31H,2-3,12H2,1H3,(H,27,30). The molecule has 0 spiro atoms. The van der Waals surface area contributed by atoms with Gasteiger partial charge in [-0.15, -0.1) is 0 Å². The summed E-state index contributed by atoms with van der Waals surface area (Å²) in [4.78, 5) is 23.3. The zero-order chi connectivity index (χ0) is 22.0. The van der Waals surface area contributed by atoms with Crippen LogP contribution in [0, 0.1) is 5.82 Å². The molecule has 1 aliphatic heterocycles. The van der Waals surface area contributed by atoms with Crippen LogP contribution in [0.2, 0.25) is 5.02 Å². The molecule has 1 amide bonds. The quantitative estimate of drug-likeness (QED) is 0.621. The van der Waals surface area contributed by atoms with E-state index in [9.17, 15) is 14.3 Å². The van der Waals surface area contributed by atoms with Crippen molar-refractivity contribution in [3.8, 4) is 0 Å². The van der Waals surface area contributed by atoms with Gasteiger partial charge in [-0.2, -0.15) is 0 Å². The average molecular weight is 441 g/mol. The molecule has 2 atom stereocenters. The SMILES string of the molecule is CC(NC(=O)c1ccc(F)cc1)c1ccc2c(n1)CCCN2C(O)c1cc(Cl)ccn1. The Morgan fingerprint density at radius 1 is 1.19 bits per heavy atom. The molecule has 3 aromatic rings. The molecule has 1 aromatic carbocycles. The average Bonchev–Trinajstić information content (AvgIpc) is 2.78. The first-order chi connectivity index (χ1) is 14.9. The molecule has 6 nitrogen and oxygen atoms in total. The van der Waals surface area contributed by atoms with Crippen LogP contribution in [-0.4, -0.2) is 27.5 Å². The number of aliphatic hydroxyl groups excluding tert-OH is 1. The van der Waals surface area contributed by atoms with Crippen LogP contribution in [0.5, 0.6) is 0 Å². The first-order valence-corrected chi connectivity index (χ1v) is 10.4. The molecule has 2 unspecified atom stereocenters. The number of rotatable bonds is 5. The number of pyridine rings is 2. The molecule has 1 aliphatic rings. The Bertz CT molecular complexity index is 1090. The van der Waals surface area contributed by atoms with Crippen molar-refractivity contribution in [1.29, 1.82) is 0 Å². The topological polar surface area (TPSA) is 78.4 Å². The number of nitrogens with one attached hydrogen (secondary N) is 1. The third-order valence-corrected chi connectivity index (χ3v) is 5.53. The van der Waals surface area contributed by atoms with Crippen molar-refractivity contribution < 1.29 is 14.3 Å². The van der Waals surface area contributed by atoms with Crippen LogP contribution in [-0.2, 0) is 6.42 Å². The highest BCUT2D eigenvalue weighted by Crippen LogP contribution is 2.33. The Hall–Kier alpha value is -3.03. The van der Waals surface area contributed by atoms with E-state index in [-0.39, 0.29) is 17.8 Å². The van der Waals surface area contributed by atoms with Gasteiger partial charge in [0.15, 0.2) is 6.23 Å². The minimum absolute atomic E-state index is 0.295. The van der Waals surface area contributed by atoms with E-state index in [1.54, 1.807) is 18.3 Å². The maximum atomic E-state index is 13.1. The van der Waals surface area contributed by atoms with Crippen LogP contribution in [0.1, 0.15) is 53.1 Å². The maximum absolute atomic E-state index is 13.1. The molecule has 3 heterocycles. The molecule has 0 bridgehead atoms. The lowest BCUT2D eigenvalue weighted by atomic mass is 10.0. The van der Waals surface area contributed by atoms with E-state index in [2.05, 4.69) is 10.3 Å². The van der Waals surface area contributed by atoms with Crippen molar-refractivity contribution in [2.75, 3.05) is 11.4 Å². The van der Waals surface area contributed by atoms with Gasteiger partial charge in [-0.1, -0.05) is 11.6 Å². The third kappa shape index (κ3) is 4.68. The molecular formula is C23H22ClFN4O2. The lowest BCUT2D eigenvalue weighted by Gasteiger charge is -2.34. The number of aromatic nitrogens is 2. The van der Waals surface area contributed by atoms with Crippen molar-refractivity contribution >= 4 is 23.2 Å². The number of hydrogen-bond donors (Lipinski definition) is 2. The lowest BCUT2D eigenvalue weighted by molar-refractivity contribution is 0.0939. The summed E-state index contributed by atoms with van der Waals surface area (Å²) in [6, 6.07) is 12.1. The van der Waals surface area contributed by atoms with Crippen molar-refractivity contribution in [2.45, 2.75) is 32.0 Å². The van der Waals surface area contributed by atoms with Gasteiger partial charge in [0, 0.05) is 23.3 Å². The third-order valence-electron chi connectivity index (χ3n) is 5.29. The molecule has 0 saturated heterocycles. The predicted octanol–water partition coefficient (Wildman–Crippen LogP) is 4.20. The Morgan fingerprint density at radius 3 is 2.71 bits per heavy atom. The van der Waals surface area contributed by atoms with Gasteiger partial charge >= 0.3 is 0 Å². The van der Waals surface area contributed by atoms with E-state index in [0.717, 1.165) is 24.2 Å². The number of fused-ring (bicyclic) bond motifs is 1. The summed E-state index contributed by atoms with van der Waals surface area (Å²) in [7, 11) is 0. The molecule has 0 aliphatic carbocycles. The van der Waals surface area contributed by atoms with Gasteiger partial charge in [-0.25, -0.2) is 4.39 Å². The van der Waals surface area contributed by atoms with Crippen LogP contribution in [0.3, 0.4) is 0 Å². The lowest BCUT2D eigenvalue weighted by Crippen LogP contribution is -2.35. The molecule has 2 aromatic heterocycles. The smallest absolute Gasteiger partial charge is 0.251 e. The van der Waals surface area contributed by atoms with E-state index in [4.69, 9.17) is 16.6 Å². The number of aryl methyl sites for hydroxylation is 1. The van der Waals surface area contributed by atoms with Crippen LogP contribution in [0.25, 0.3) is 0 Å². The van der Waals surface area contributed by atoms with Gasteiger partial charge < -0.3 is 15.3 Å². The normalized spacial score (nSPS) is 15.2. The van der Waals surface area contributed by atoms with E-state index in [1.165, 1.54) is 24.3 Å². The fourth-order valence-electron chi connectivity index (χ4n) is 3.67. The highest BCUT2D eigenvalue weighted by Gasteiger charge is 2.26. The summed E-state index contributed by atoms with van der Waals surface area (Å²) >= 11 is 6.04. The molecular weight excluding hydrogens is 419 g/mol. The number of halogens is 2. The number of hydrogen-bond acceptors (Lipinski definition) is 5. The van der Waals surface area contributed by atoms with E-state index < -0.39 is 6.23 Å². The molecule has 0 radical (unpaired) electrons. The maximum Gasteiger partial charge on any atom is 0.251 e. The minimum atomic E-state index is -0.930. The summed E-state index contributed by atoms with van der Waals surface area (Å²) in [6.07, 6.45) is 2.24. The van der Waals surface area contributed by atoms with Crippen molar-refractivity contribution in [3.05, 3.63) is 88.2 Å². The van der Waals surface area contributed by atoms with Crippen LogP contribution in [0.4, 0.5) is 10.1 Å². The molecule has 4 rings (SSSR count). The fourth-order valence-corrected chi connectivity index (χ4v) is 3.83. The van der Waals surface area contributed by atoms with Gasteiger partial charge in [0.05, 0.1) is 28.8 Å². The van der Waals surface area contributed by atoms with Gasteiger partial charge in [0.2, 0.25) is 0 Å². The minimum Gasteiger partial charge on any atom is -0.368 e. The largest absolute Gasteiger partial charge is 0.368 e. The van der Waals surface area contributed by atoms with Crippen molar-refractivity contribution in [1.82, 2.24) is 15.3 Å². The Kier molecular flexibility index (Phi) is 6.15. The molecule has 2 N–H and O–H groups in total. The first-order valence-electron chi connectivity index (χ1n) is 10.0. The predicted molar refractivity (Wildman–Crippen MR) is 116 cm³/mol. The molecule has 31 heavy (non-hydrogen) atoms. The van der Waals surface area contributed by atoms with Crippen molar-refractivity contribution in [3.63, 3.8) is 0 Å². The monoisotopic (exact) mass is 440 g/mol. The number of amides is 1. The second kappa shape index (κ2) is 8.99. The van der Waals surface area contributed by atoms with Gasteiger partial charge in [0.1, 0.15) is 5.82 Å². The highest BCUT2D eigenvalue weighted by atomic mass is 35.5. The fraction of sp³-hybridized carbons (Fsp3) is 0.261. The molecule has 0 fully saturated rings. The van der Waals surface area contributed by atoms with E-state index in [1.807, 2.05) is 24.0 Å². The summed E-state index contributed by atoms with van der Waals surface area (Å²) in [6.45, 7) is 2.52. The van der Waals surface area contributed by atoms with Gasteiger partial charge in [-0.05, 0) is 68.3 Å². The summed E-state index contributed by atoms with van der Waals surface area (Å²) in [5.41, 5.74) is 3.26. The number of aliphatic hydroxyl groups is 1. The summed E-state index contributed by atoms with van der Waals surface area (Å²) in [5.74, 6) is -0.684. The van der Waals surface area contributed by atoms with E-state index >= 15 is 0 Å². The highest BCUT2D eigenvalue weighted by molar-refractivity contribution is 6.30. The first kappa shape index (κ1) is 21.2. The van der Waals surface area contributed by atoms with Crippen molar-refractivity contribution in [2.24, 2.45) is 0 Å². The second-order valence-corrected chi connectivity index (χ2v) is 7.91. The Labute approximate surface area is 184 Å². The second-order valence-electron chi connectivity index (χ2n) is 7.47. The number of nitrogens with zero attached hydrogens (tertiary/aromatic N) is 3. The van der Waals surface area contributed by atoms with Crippen LogP contribution >= 0.6 is 11.6 Å². The number of carbonyl (C=O) groups excluding carboxylic acids is 1. The summed E-state index contributed by atoms with van der Waals surface area (Å²) < 4.78 is 13.1. The Morgan fingerprint density at radius 2 is 1.97 bits per heavy atom. The van der Waals surface area contributed by atoms with Gasteiger partial charge in [-0.3, -0.25) is 14.8 Å². The van der Waals surface area contributed by atoms with Crippen LogP contribution in [0.15, 0.2) is 54.7 Å². The van der Waals surface area contributed by atoms with E-state index in [0.29, 0.717) is 28.5 Å². The zero-order valence-corrected chi connectivity index (χ0v) is 17.7. The zero-order valence-electron chi connectivity index (χ0n) is 16.9. The molecule has 0 saturated carbocycles. The number of anilines is 1.